The maximum absolute atomic E-state index is 11.5. The number of carboxylic acid groups (broad SMARTS) is 1. The lowest BCUT2D eigenvalue weighted by Crippen LogP contribution is -2.44. The highest BCUT2D eigenvalue weighted by Crippen LogP contribution is 2.18. The maximum atomic E-state index is 11.5. The van der Waals surface area contributed by atoms with Gasteiger partial charge in [0.25, 0.3) is 0 Å². The van der Waals surface area contributed by atoms with Crippen molar-refractivity contribution < 1.29 is 34.1 Å². The number of esters is 2. The zero-order chi connectivity index (χ0) is 19.2. The van der Waals surface area contributed by atoms with Crippen molar-refractivity contribution in [1.29, 1.82) is 0 Å². The van der Waals surface area contributed by atoms with Gasteiger partial charge in [0, 0.05) is 12.8 Å². The second kappa shape index (κ2) is 14.6. The molecule has 3 atom stereocenters. The Labute approximate surface area is 161 Å². The smallest absolute Gasteiger partial charge is 0.348 e. The summed E-state index contributed by atoms with van der Waals surface area (Å²) in [6.45, 7) is 0. The summed E-state index contributed by atoms with van der Waals surface area (Å²) in [6.07, 6.45) is 4.55. The van der Waals surface area contributed by atoms with Gasteiger partial charge in [-0.1, -0.05) is 0 Å². The van der Waals surface area contributed by atoms with Crippen LogP contribution in [0.1, 0.15) is 19.3 Å². The monoisotopic (exact) mass is 414 g/mol. The summed E-state index contributed by atoms with van der Waals surface area (Å²) in [4.78, 5) is 33.0. The highest BCUT2D eigenvalue weighted by Gasteiger charge is 2.37. The van der Waals surface area contributed by atoms with E-state index in [1.54, 1.807) is 23.5 Å². The van der Waals surface area contributed by atoms with Crippen LogP contribution in [0, 0.1) is 0 Å². The number of ether oxygens (including phenoxy) is 2. The van der Waals surface area contributed by atoms with Gasteiger partial charge in [-0.3, -0.25) is 0 Å². The third-order valence-corrected chi connectivity index (χ3v) is 5.02. The van der Waals surface area contributed by atoms with Crippen molar-refractivity contribution in [3.05, 3.63) is 0 Å². The van der Waals surface area contributed by atoms with Crippen molar-refractivity contribution in [2.24, 2.45) is 0 Å². The Hall–Kier alpha value is -0.580. The second-order valence-electron chi connectivity index (χ2n) is 5.05. The zero-order valence-electron chi connectivity index (χ0n) is 14.6. The van der Waals surface area contributed by atoms with E-state index >= 15 is 0 Å². The third kappa shape index (κ3) is 10.9. The van der Waals surface area contributed by atoms with E-state index in [1.165, 1.54) is 11.8 Å². The zero-order valence-corrected chi connectivity index (χ0v) is 17.1. The molecule has 2 N–H and O–H groups in total. The molecular weight excluding hydrogens is 388 g/mol. The van der Waals surface area contributed by atoms with Crippen molar-refractivity contribution in [2.45, 2.75) is 37.6 Å². The lowest BCUT2D eigenvalue weighted by molar-refractivity contribution is -0.195. The summed E-state index contributed by atoms with van der Waals surface area (Å²) in [5, 5.41) is 16.8. The molecule has 10 heteroatoms. The summed E-state index contributed by atoms with van der Waals surface area (Å²) in [7, 11) is 0. The highest BCUT2D eigenvalue weighted by atomic mass is 32.2. The molecule has 3 unspecified atom stereocenters. The van der Waals surface area contributed by atoms with E-state index in [2.05, 4.69) is 0 Å². The van der Waals surface area contributed by atoms with E-state index in [0.29, 0.717) is 25.0 Å². The number of carbonyl (C=O) groups excluding carboxylic acids is 2. The van der Waals surface area contributed by atoms with Crippen LogP contribution in [0.5, 0.6) is 0 Å². The predicted octanol–water partition coefficient (Wildman–Crippen LogP) is 1.51. The number of aliphatic hydroxyl groups excluding tert-OH is 1. The number of hydrogen-bond acceptors (Lipinski definition) is 9. The van der Waals surface area contributed by atoms with Crippen LogP contribution in [0.15, 0.2) is 0 Å². The van der Waals surface area contributed by atoms with Gasteiger partial charge in [0.15, 0.2) is 18.3 Å². The highest BCUT2D eigenvalue weighted by molar-refractivity contribution is 7.98. The van der Waals surface area contributed by atoms with Crippen LogP contribution < -0.4 is 0 Å². The lowest BCUT2D eigenvalue weighted by atomic mass is 10.2. The van der Waals surface area contributed by atoms with Gasteiger partial charge < -0.3 is 19.7 Å². The maximum Gasteiger partial charge on any atom is 0.348 e. The minimum atomic E-state index is -1.18. The molecule has 0 spiro atoms. The molecule has 1 heterocycles. The van der Waals surface area contributed by atoms with Gasteiger partial charge in [0.05, 0.1) is 0 Å². The van der Waals surface area contributed by atoms with E-state index in [1.807, 2.05) is 18.8 Å². The van der Waals surface area contributed by atoms with Crippen LogP contribution in [0.4, 0.5) is 0 Å². The largest absolute Gasteiger partial charge is 0.479 e. The molecule has 0 amide bonds. The molecule has 1 fully saturated rings. The van der Waals surface area contributed by atoms with E-state index in [9.17, 15) is 14.4 Å². The van der Waals surface area contributed by atoms with Crippen LogP contribution in [-0.2, 0) is 23.9 Å². The molecule has 1 aliphatic heterocycles. The number of hydrogen-bond donors (Lipinski definition) is 2. The number of aliphatic carboxylic acids is 1. The van der Waals surface area contributed by atoms with Gasteiger partial charge in [-0.05, 0) is 42.4 Å². The molecule has 0 radical (unpaired) electrons. The molecule has 1 aliphatic rings. The second-order valence-corrected chi connectivity index (χ2v) is 8.01. The Morgan fingerprint density at radius 3 is 1.68 bits per heavy atom. The fraction of sp³-hybridized carbons (Fsp3) is 0.800. The van der Waals surface area contributed by atoms with Gasteiger partial charge in [0.1, 0.15) is 0 Å². The predicted molar refractivity (Wildman–Crippen MR) is 102 cm³/mol. The molecule has 1 rings (SSSR count). The molecule has 7 nitrogen and oxygen atoms in total. The number of aliphatic hydroxyl groups is 1. The van der Waals surface area contributed by atoms with Crippen LogP contribution in [0.3, 0.4) is 0 Å². The molecule has 25 heavy (non-hydrogen) atoms. The van der Waals surface area contributed by atoms with Crippen molar-refractivity contribution in [2.75, 3.05) is 36.0 Å². The molecule has 0 aliphatic carbocycles. The first-order valence-electron chi connectivity index (χ1n) is 7.66. The van der Waals surface area contributed by atoms with Crippen molar-refractivity contribution >= 4 is 53.2 Å². The van der Waals surface area contributed by atoms with Crippen molar-refractivity contribution in [3.8, 4) is 0 Å². The van der Waals surface area contributed by atoms with E-state index in [0.717, 1.165) is 11.5 Å². The fourth-order valence-electron chi connectivity index (χ4n) is 1.68. The summed E-state index contributed by atoms with van der Waals surface area (Å²) in [5.74, 6) is 0.307. The average molecular weight is 415 g/mol. The van der Waals surface area contributed by atoms with Gasteiger partial charge in [-0.2, -0.15) is 35.3 Å². The summed E-state index contributed by atoms with van der Waals surface area (Å²) >= 11 is 4.75. The molecule has 0 aromatic carbocycles. The Morgan fingerprint density at radius 2 is 1.36 bits per heavy atom. The van der Waals surface area contributed by atoms with Crippen LogP contribution >= 0.6 is 35.3 Å². The molecule has 0 saturated carbocycles. The van der Waals surface area contributed by atoms with Gasteiger partial charge >= 0.3 is 17.9 Å². The van der Waals surface area contributed by atoms with Crippen LogP contribution in [-0.4, -0.2) is 82.5 Å². The number of rotatable bonds is 10. The number of cyclic esters (lactones) is 2. The van der Waals surface area contributed by atoms with E-state index in [-0.39, 0.29) is 0 Å². The first kappa shape index (κ1) is 24.4. The van der Waals surface area contributed by atoms with Gasteiger partial charge in [-0.15, -0.1) is 0 Å². The average Bonchev–Trinajstić information content (AvgIpc) is 2.59. The molecule has 1 saturated heterocycles. The number of carboxylic acids is 1. The molecular formula is C15H26O7S3. The Morgan fingerprint density at radius 1 is 0.960 bits per heavy atom. The Kier molecular flexibility index (Phi) is 14.2. The van der Waals surface area contributed by atoms with Crippen LogP contribution in [0.2, 0.25) is 0 Å². The van der Waals surface area contributed by atoms with Crippen molar-refractivity contribution in [3.63, 3.8) is 0 Å². The first-order valence-corrected chi connectivity index (χ1v) is 11.8. The normalized spacial score (nSPS) is 20.8. The summed E-state index contributed by atoms with van der Waals surface area (Å²) in [5.41, 5.74) is 0. The Balaban J connectivity index is 0.000000547. The lowest BCUT2D eigenvalue weighted by Gasteiger charge is -2.27. The molecule has 0 aromatic heterocycles. The Bertz CT molecular complexity index is 394. The molecule has 0 bridgehead atoms. The quantitative estimate of drug-likeness (QED) is 0.510. The topological polar surface area (TPSA) is 110 Å². The standard InChI is InChI=1S/C10H16O4S2.C5H10O3S/c1-15-5-3-7-9(11)14-8(4-6-16-2)10(12)13-7;1-9-3-2-4(6)5(7)8/h7-8H,3-6H2,1-2H3;4,6H,2-3H2,1H3,(H,7,8). The van der Waals surface area contributed by atoms with E-state index in [4.69, 9.17) is 19.7 Å². The van der Waals surface area contributed by atoms with E-state index < -0.39 is 36.2 Å². The third-order valence-electron chi connectivity index (χ3n) is 3.09. The first-order chi connectivity index (χ1) is 11.9. The minimum absolute atomic E-state index is 0.330. The minimum Gasteiger partial charge on any atom is -0.479 e. The summed E-state index contributed by atoms with van der Waals surface area (Å²) < 4.78 is 10.1. The van der Waals surface area contributed by atoms with Gasteiger partial charge in [-0.25, -0.2) is 14.4 Å². The molecule has 146 valence electrons. The van der Waals surface area contributed by atoms with Crippen LogP contribution in [0.25, 0.3) is 0 Å². The molecule has 0 aromatic rings. The van der Waals surface area contributed by atoms with Crippen molar-refractivity contribution in [1.82, 2.24) is 0 Å². The summed E-state index contributed by atoms with van der Waals surface area (Å²) in [6, 6.07) is 0. The SMILES string of the molecule is CSCCC(O)C(=O)O.CSCCC1OC(=O)C(CCSC)OC1=O. The number of carbonyl (C=O) groups is 3. The fourth-order valence-corrected chi connectivity index (χ4v) is 3.04. The van der Waals surface area contributed by atoms with Gasteiger partial charge in [0.2, 0.25) is 0 Å². The number of thioether (sulfide) groups is 3.